The molecule has 8 heteroatoms. The standard InChI is InChI=1S/C20H21F3N2O2S/c21-20(22,23)15-10-18(28-12-15)27-17-3-1-14(2-4-17)19(26)24-16-9-13-5-7-25(11-16)8-6-13/h1-4,10,12-13,16H,5-9,11H2,(H,24,26). The monoisotopic (exact) mass is 410 g/mol. The fourth-order valence-electron chi connectivity index (χ4n) is 3.88. The van der Waals surface area contributed by atoms with Crippen LogP contribution < -0.4 is 10.1 Å². The number of hydrogen-bond donors (Lipinski definition) is 1. The van der Waals surface area contributed by atoms with Crippen LogP contribution in [-0.4, -0.2) is 36.5 Å². The second-order valence-corrected chi connectivity index (χ2v) is 8.30. The Kier molecular flexibility index (Phi) is 5.33. The molecule has 3 fully saturated rings. The molecule has 28 heavy (non-hydrogen) atoms. The molecule has 0 spiro atoms. The highest BCUT2D eigenvalue weighted by molar-refractivity contribution is 7.12. The van der Waals surface area contributed by atoms with Crippen molar-refractivity contribution in [1.82, 2.24) is 10.2 Å². The number of rotatable bonds is 4. The zero-order valence-corrected chi connectivity index (χ0v) is 16.0. The fraction of sp³-hybridized carbons (Fsp3) is 0.450. The maximum Gasteiger partial charge on any atom is 0.417 e. The first kappa shape index (κ1) is 19.3. The number of carbonyl (C=O) groups excluding carboxylic acids is 1. The van der Waals surface area contributed by atoms with Gasteiger partial charge in [0.2, 0.25) is 0 Å². The molecule has 0 saturated carbocycles. The lowest BCUT2D eigenvalue weighted by Crippen LogP contribution is -2.41. The van der Waals surface area contributed by atoms with Gasteiger partial charge < -0.3 is 15.0 Å². The number of piperidine rings is 1. The third-order valence-electron chi connectivity index (χ3n) is 5.38. The quantitative estimate of drug-likeness (QED) is 0.789. The van der Waals surface area contributed by atoms with Crippen molar-refractivity contribution in [3.05, 3.63) is 46.8 Å². The van der Waals surface area contributed by atoms with Gasteiger partial charge in [-0.1, -0.05) is 0 Å². The third-order valence-corrected chi connectivity index (χ3v) is 6.18. The van der Waals surface area contributed by atoms with Gasteiger partial charge in [0.1, 0.15) is 5.75 Å². The van der Waals surface area contributed by atoms with Gasteiger partial charge in [0.25, 0.3) is 5.91 Å². The van der Waals surface area contributed by atoms with Gasteiger partial charge in [-0.2, -0.15) is 13.2 Å². The number of halogens is 3. The van der Waals surface area contributed by atoms with E-state index in [1.807, 2.05) is 0 Å². The number of nitrogens with one attached hydrogen (secondary N) is 1. The van der Waals surface area contributed by atoms with E-state index in [4.69, 9.17) is 4.74 Å². The highest BCUT2D eigenvalue weighted by atomic mass is 32.1. The molecule has 150 valence electrons. The predicted octanol–water partition coefficient (Wildman–Crippen LogP) is 4.77. The van der Waals surface area contributed by atoms with E-state index in [1.165, 1.54) is 12.8 Å². The van der Waals surface area contributed by atoms with Gasteiger partial charge in [0.05, 0.1) is 5.56 Å². The van der Waals surface area contributed by atoms with Crippen molar-refractivity contribution in [3.63, 3.8) is 0 Å². The molecule has 4 nitrogen and oxygen atoms in total. The molecule has 2 aromatic rings. The summed E-state index contributed by atoms with van der Waals surface area (Å²) in [4.78, 5) is 15.0. The Bertz CT molecular complexity index is 813. The first-order chi connectivity index (χ1) is 13.4. The molecule has 3 aliphatic rings. The third kappa shape index (κ3) is 4.50. The van der Waals surface area contributed by atoms with Crippen LogP contribution in [0.1, 0.15) is 35.2 Å². The number of hydrogen-bond acceptors (Lipinski definition) is 4. The SMILES string of the molecule is O=C(NC1CC2CCN(CC2)C1)c1ccc(Oc2cc(C(F)(F)F)cs2)cc1. The van der Waals surface area contributed by atoms with Gasteiger partial charge >= 0.3 is 6.18 Å². The first-order valence-corrected chi connectivity index (χ1v) is 10.2. The number of thiophene rings is 1. The van der Waals surface area contributed by atoms with Crippen molar-refractivity contribution in [2.24, 2.45) is 5.92 Å². The maximum atomic E-state index is 12.7. The summed E-state index contributed by atoms with van der Waals surface area (Å²) >= 11 is 0.887. The van der Waals surface area contributed by atoms with Gasteiger partial charge in [0.15, 0.2) is 5.06 Å². The van der Waals surface area contributed by atoms with Crippen LogP contribution in [-0.2, 0) is 6.18 Å². The van der Waals surface area contributed by atoms with Gasteiger partial charge in [-0.25, -0.2) is 0 Å². The van der Waals surface area contributed by atoms with Crippen LogP contribution in [0.3, 0.4) is 0 Å². The molecular weight excluding hydrogens is 389 g/mol. The molecule has 1 N–H and O–H groups in total. The van der Waals surface area contributed by atoms with Crippen molar-refractivity contribution in [3.8, 4) is 10.8 Å². The largest absolute Gasteiger partial charge is 0.447 e. The Morgan fingerprint density at radius 3 is 2.54 bits per heavy atom. The highest BCUT2D eigenvalue weighted by Crippen LogP contribution is 2.37. The molecule has 1 atom stereocenters. The number of benzene rings is 1. The van der Waals surface area contributed by atoms with Crippen LogP contribution in [0.25, 0.3) is 0 Å². The molecule has 1 aromatic heterocycles. The van der Waals surface area contributed by atoms with Gasteiger partial charge in [-0.05, 0) is 62.5 Å². The maximum absolute atomic E-state index is 12.7. The molecule has 3 saturated heterocycles. The molecule has 5 rings (SSSR count). The number of amides is 1. The van der Waals surface area contributed by atoms with Gasteiger partial charge in [0, 0.05) is 29.6 Å². The molecule has 1 amide bonds. The fourth-order valence-corrected chi connectivity index (χ4v) is 4.66. The van der Waals surface area contributed by atoms with E-state index in [1.54, 1.807) is 24.3 Å². The molecule has 4 heterocycles. The van der Waals surface area contributed by atoms with E-state index < -0.39 is 11.7 Å². The number of alkyl halides is 3. The molecule has 2 bridgehead atoms. The van der Waals surface area contributed by atoms with E-state index in [0.717, 1.165) is 48.8 Å². The summed E-state index contributed by atoms with van der Waals surface area (Å²) in [6.07, 6.45) is -0.953. The van der Waals surface area contributed by atoms with E-state index in [2.05, 4.69) is 10.2 Å². The first-order valence-electron chi connectivity index (χ1n) is 9.34. The normalized spacial score (nSPS) is 24.6. The average molecular weight is 410 g/mol. The van der Waals surface area contributed by atoms with E-state index in [9.17, 15) is 18.0 Å². The summed E-state index contributed by atoms with van der Waals surface area (Å²) in [5.41, 5.74) is -0.210. The van der Waals surface area contributed by atoms with Crippen molar-refractivity contribution in [2.75, 3.05) is 19.6 Å². The van der Waals surface area contributed by atoms with Crippen LogP contribution in [0.4, 0.5) is 13.2 Å². The highest BCUT2D eigenvalue weighted by Gasteiger charge is 2.32. The van der Waals surface area contributed by atoms with E-state index in [0.29, 0.717) is 17.2 Å². The van der Waals surface area contributed by atoms with Crippen LogP contribution in [0.2, 0.25) is 0 Å². The summed E-state index contributed by atoms with van der Waals surface area (Å²) in [5.74, 6) is 0.951. The lowest BCUT2D eigenvalue weighted by molar-refractivity contribution is -0.137. The van der Waals surface area contributed by atoms with Crippen LogP contribution >= 0.6 is 11.3 Å². The van der Waals surface area contributed by atoms with Crippen molar-refractivity contribution < 1.29 is 22.7 Å². The summed E-state index contributed by atoms with van der Waals surface area (Å²) in [5, 5.41) is 4.30. The Balaban J connectivity index is 1.36. The van der Waals surface area contributed by atoms with Crippen LogP contribution in [0, 0.1) is 5.92 Å². The number of carbonyl (C=O) groups is 1. The Hall–Kier alpha value is -2.06. The summed E-state index contributed by atoms with van der Waals surface area (Å²) < 4.78 is 43.4. The second kappa shape index (κ2) is 7.75. The minimum Gasteiger partial charge on any atom is -0.447 e. The van der Waals surface area contributed by atoms with E-state index >= 15 is 0 Å². The second-order valence-electron chi connectivity index (χ2n) is 7.43. The summed E-state index contributed by atoms with van der Waals surface area (Å²) in [6.45, 7) is 3.12. The zero-order valence-electron chi connectivity index (χ0n) is 15.2. The lowest BCUT2D eigenvalue weighted by Gasteiger charge is -2.26. The topological polar surface area (TPSA) is 41.6 Å². The summed E-state index contributed by atoms with van der Waals surface area (Å²) in [6, 6.07) is 7.60. The smallest absolute Gasteiger partial charge is 0.417 e. The zero-order chi connectivity index (χ0) is 19.7. The van der Waals surface area contributed by atoms with Gasteiger partial charge in [-0.15, -0.1) is 11.3 Å². The van der Waals surface area contributed by atoms with Crippen LogP contribution in [0.5, 0.6) is 10.8 Å². The van der Waals surface area contributed by atoms with E-state index in [-0.39, 0.29) is 17.0 Å². The number of nitrogens with zero attached hydrogens (tertiary/aromatic N) is 1. The minimum atomic E-state index is -4.38. The predicted molar refractivity (Wildman–Crippen MR) is 101 cm³/mol. The molecular formula is C20H21F3N2O2S. The molecule has 0 aliphatic carbocycles. The Labute approximate surface area is 165 Å². The number of ether oxygens (including phenoxy) is 1. The molecule has 0 radical (unpaired) electrons. The van der Waals surface area contributed by atoms with Crippen molar-refractivity contribution >= 4 is 17.2 Å². The van der Waals surface area contributed by atoms with Crippen LogP contribution in [0.15, 0.2) is 35.7 Å². The van der Waals surface area contributed by atoms with Crippen molar-refractivity contribution in [1.29, 1.82) is 0 Å². The Morgan fingerprint density at radius 1 is 1.18 bits per heavy atom. The minimum absolute atomic E-state index is 0.130. The Morgan fingerprint density at radius 2 is 1.89 bits per heavy atom. The molecule has 1 unspecified atom stereocenters. The van der Waals surface area contributed by atoms with Crippen molar-refractivity contribution in [2.45, 2.75) is 31.5 Å². The lowest BCUT2D eigenvalue weighted by atomic mass is 9.94. The summed E-state index contributed by atoms with van der Waals surface area (Å²) in [7, 11) is 0. The van der Waals surface area contributed by atoms with Gasteiger partial charge in [-0.3, -0.25) is 4.79 Å². The number of fused-ring (bicyclic) bond motifs is 4. The molecule has 3 aliphatic heterocycles. The average Bonchev–Trinajstić information content (AvgIpc) is 2.95. The molecule has 1 aromatic carbocycles.